The van der Waals surface area contributed by atoms with Crippen LogP contribution in [0.2, 0.25) is 0 Å². The molecule has 0 spiro atoms. The van der Waals surface area contributed by atoms with Crippen LogP contribution < -0.4 is 5.32 Å². The Bertz CT molecular complexity index is 669. The number of aryl methyl sites for hydroxylation is 1. The standard InChI is InChI=1S/C15H15NO4S/c1-2-13-12(5-6-20-13)15(19)16-8-11-7-10(9-21-11)3-4-14(17)18/h3-7,9H,2,8H2,1H3,(H,16,19)(H,17,18)/b4-3+. The van der Waals surface area contributed by atoms with Gasteiger partial charge in [-0.25, -0.2) is 4.79 Å². The molecule has 2 N–H and O–H groups in total. The lowest BCUT2D eigenvalue weighted by atomic mass is 10.2. The zero-order valence-corrected chi connectivity index (χ0v) is 12.3. The van der Waals surface area contributed by atoms with Gasteiger partial charge in [0.05, 0.1) is 18.4 Å². The van der Waals surface area contributed by atoms with E-state index < -0.39 is 5.97 Å². The van der Waals surface area contributed by atoms with Crippen molar-refractivity contribution in [1.29, 1.82) is 0 Å². The van der Waals surface area contributed by atoms with Crippen LogP contribution in [0.5, 0.6) is 0 Å². The van der Waals surface area contributed by atoms with Crippen molar-refractivity contribution in [1.82, 2.24) is 5.32 Å². The Labute approximate surface area is 125 Å². The quantitative estimate of drug-likeness (QED) is 0.804. The molecule has 0 unspecified atom stereocenters. The summed E-state index contributed by atoms with van der Waals surface area (Å²) in [5, 5.41) is 13.2. The second-order valence-corrected chi connectivity index (χ2v) is 5.31. The molecule has 0 aromatic carbocycles. The number of carbonyl (C=O) groups is 2. The van der Waals surface area contributed by atoms with Crippen molar-refractivity contribution in [3.05, 3.63) is 51.6 Å². The van der Waals surface area contributed by atoms with E-state index in [-0.39, 0.29) is 5.91 Å². The molecule has 2 rings (SSSR count). The Morgan fingerprint density at radius 3 is 3.00 bits per heavy atom. The molecule has 6 heteroatoms. The molecule has 2 heterocycles. The lowest BCUT2D eigenvalue weighted by Crippen LogP contribution is -2.22. The van der Waals surface area contributed by atoms with E-state index in [0.717, 1.165) is 16.5 Å². The van der Waals surface area contributed by atoms with E-state index >= 15 is 0 Å². The SMILES string of the molecule is CCc1occc1C(=O)NCc1cc(/C=C/C(=O)O)cs1. The third-order valence-corrected chi connectivity index (χ3v) is 3.78. The minimum Gasteiger partial charge on any atom is -0.478 e. The summed E-state index contributed by atoms with van der Waals surface area (Å²) >= 11 is 1.47. The van der Waals surface area contributed by atoms with Crippen LogP contribution in [0.3, 0.4) is 0 Å². The molecular formula is C15H15NO4S. The maximum atomic E-state index is 12.0. The summed E-state index contributed by atoms with van der Waals surface area (Å²) in [6.07, 6.45) is 4.78. The Morgan fingerprint density at radius 1 is 1.48 bits per heavy atom. The van der Waals surface area contributed by atoms with Gasteiger partial charge in [-0.2, -0.15) is 0 Å². The highest BCUT2D eigenvalue weighted by Gasteiger charge is 2.12. The first-order chi connectivity index (χ1) is 10.1. The van der Waals surface area contributed by atoms with Gasteiger partial charge in [-0.15, -0.1) is 11.3 Å². The fraction of sp³-hybridized carbons (Fsp3) is 0.200. The monoisotopic (exact) mass is 305 g/mol. The van der Waals surface area contributed by atoms with Crippen molar-refractivity contribution in [3.63, 3.8) is 0 Å². The molecule has 0 saturated carbocycles. The van der Waals surface area contributed by atoms with Gasteiger partial charge in [-0.05, 0) is 29.2 Å². The number of nitrogens with one attached hydrogen (secondary N) is 1. The number of carbonyl (C=O) groups excluding carboxylic acids is 1. The molecule has 1 amide bonds. The molecule has 0 fully saturated rings. The van der Waals surface area contributed by atoms with E-state index in [1.54, 1.807) is 6.07 Å². The molecule has 5 nitrogen and oxygen atoms in total. The van der Waals surface area contributed by atoms with E-state index in [4.69, 9.17) is 9.52 Å². The number of thiophene rings is 1. The molecule has 0 saturated heterocycles. The number of carboxylic acid groups (broad SMARTS) is 1. The smallest absolute Gasteiger partial charge is 0.328 e. The first-order valence-corrected chi connectivity index (χ1v) is 7.31. The van der Waals surface area contributed by atoms with Gasteiger partial charge < -0.3 is 14.8 Å². The van der Waals surface area contributed by atoms with Gasteiger partial charge in [0.2, 0.25) is 0 Å². The third kappa shape index (κ3) is 4.06. The molecule has 0 aliphatic heterocycles. The van der Waals surface area contributed by atoms with Crippen molar-refractivity contribution in [2.24, 2.45) is 0 Å². The summed E-state index contributed by atoms with van der Waals surface area (Å²) < 4.78 is 5.22. The minimum atomic E-state index is -0.983. The predicted octanol–water partition coefficient (Wildman–Crippen LogP) is 2.93. The van der Waals surface area contributed by atoms with Crippen molar-refractivity contribution in [3.8, 4) is 0 Å². The highest BCUT2D eigenvalue weighted by molar-refractivity contribution is 7.10. The Balaban J connectivity index is 1.94. The highest BCUT2D eigenvalue weighted by atomic mass is 32.1. The lowest BCUT2D eigenvalue weighted by Gasteiger charge is -2.02. The number of hydrogen-bond donors (Lipinski definition) is 2. The zero-order chi connectivity index (χ0) is 15.2. The van der Waals surface area contributed by atoms with Crippen LogP contribution in [0.4, 0.5) is 0 Å². The van der Waals surface area contributed by atoms with Gasteiger partial charge in [0.15, 0.2) is 0 Å². The molecule has 0 aliphatic carbocycles. The van der Waals surface area contributed by atoms with Gasteiger partial charge in [0, 0.05) is 17.4 Å². The van der Waals surface area contributed by atoms with Crippen molar-refractivity contribution in [2.45, 2.75) is 19.9 Å². The predicted molar refractivity (Wildman–Crippen MR) is 80.2 cm³/mol. The van der Waals surface area contributed by atoms with Crippen LogP contribution >= 0.6 is 11.3 Å². The molecular weight excluding hydrogens is 290 g/mol. The topological polar surface area (TPSA) is 79.5 Å². The Morgan fingerprint density at radius 2 is 2.29 bits per heavy atom. The van der Waals surface area contributed by atoms with Crippen LogP contribution in [-0.4, -0.2) is 17.0 Å². The molecule has 2 aromatic heterocycles. The van der Waals surface area contributed by atoms with Gasteiger partial charge in [-0.1, -0.05) is 6.92 Å². The molecule has 0 atom stereocenters. The number of amides is 1. The van der Waals surface area contributed by atoms with Crippen molar-refractivity contribution in [2.75, 3.05) is 0 Å². The first kappa shape index (κ1) is 15.1. The van der Waals surface area contributed by atoms with Crippen LogP contribution in [0.25, 0.3) is 6.08 Å². The number of carboxylic acids is 1. The average molecular weight is 305 g/mol. The summed E-state index contributed by atoms with van der Waals surface area (Å²) in [6.45, 7) is 2.33. The molecule has 110 valence electrons. The average Bonchev–Trinajstić information content (AvgIpc) is 3.11. The number of aliphatic carboxylic acids is 1. The maximum absolute atomic E-state index is 12.0. The molecule has 0 aliphatic rings. The van der Waals surface area contributed by atoms with E-state index in [9.17, 15) is 9.59 Å². The largest absolute Gasteiger partial charge is 0.478 e. The normalized spacial score (nSPS) is 10.9. The first-order valence-electron chi connectivity index (χ1n) is 6.43. The minimum absolute atomic E-state index is 0.170. The van der Waals surface area contributed by atoms with Crippen LogP contribution in [-0.2, 0) is 17.8 Å². The van der Waals surface area contributed by atoms with Crippen LogP contribution in [0.1, 0.15) is 33.5 Å². The zero-order valence-electron chi connectivity index (χ0n) is 11.5. The van der Waals surface area contributed by atoms with Crippen molar-refractivity contribution < 1.29 is 19.1 Å². The van der Waals surface area contributed by atoms with E-state index in [2.05, 4.69) is 5.32 Å². The van der Waals surface area contributed by atoms with Gasteiger partial charge >= 0.3 is 5.97 Å². The lowest BCUT2D eigenvalue weighted by molar-refractivity contribution is -0.131. The van der Waals surface area contributed by atoms with Gasteiger partial charge in [0.1, 0.15) is 5.76 Å². The molecule has 21 heavy (non-hydrogen) atoms. The number of rotatable bonds is 6. The molecule has 2 aromatic rings. The second-order valence-electron chi connectivity index (χ2n) is 4.31. The Kier molecular flexibility index (Phi) is 4.94. The number of furan rings is 1. The van der Waals surface area contributed by atoms with Gasteiger partial charge in [-0.3, -0.25) is 4.79 Å². The summed E-state index contributed by atoms with van der Waals surface area (Å²) in [6, 6.07) is 3.50. The second kappa shape index (κ2) is 6.90. The highest BCUT2D eigenvalue weighted by Crippen LogP contribution is 2.16. The molecule has 0 radical (unpaired) electrons. The number of hydrogen-bond acceptors (Lipinski definition) is 4. The van der Waals surface area contributed by atoms with Crippen LogP contribution in [0.15, 0.2) is 34.3 Å². The maximum Gasteiger partial charge on any atom is 0.328 e. The summed E-state index contributed by atoms with van der Waals surface area (Å²) in [4.78, 5) is 23.4. The Hall–Kier alpha value is -2.34. The summed E-state index contributed by atoms with van der Waals surface area (Å²) in [5.74, 6) is -0.483. The molecule has 0 bridgehead atoms. The summed E-state index contributed by atoms with van der Waals surface area (Å²) in [7, 11) is 0. The van der Waals surface area contributed by atoms with Crippen molar-refractivity contribution >= 4 is 29.3 Å². The summed E-state index contributed by atoms with van der Waals surface area (Å²) in [5.41, 5.74) is 1.37. The third-order valence-electron chi connectivity index (χ3n) is 2.83. The van der Waals surface area contributed by atoms with E-state index in [0.29, 0.717) is 24.3 Å². The van der Waals surface area contributed by atoms with E-state index in [1.807, 2.05) is 18.4 Å². The van der Waals surface area contributed by atoms with E-state index in [1.165, 1.54) is 23.7 Å². The van der Waals surface area contributed by atoms with Gasteiger partial charge in [0.25, 0.3) is 5.91 Å². The van der Waals surface area contributed by atoms with Crippen LogP contribution in [0, 0.1) is 0 Å². The fourth-order valence-electron chi connectivity index (χ4n) is 1.82. The fourth-order valence-corrected chi connectivity index (χ4v) is 2.62.